The van der Waals surface area contributed by atoms with Gasteiger partial charge in [0.2, 0.25) is 0 Å². The van der Waals surface area contributed by atoms with Crippen molar-refractivity contribution in [2.24, 2.45) is 22.7 Å². The van der Waals surface area contributed by atoms with E-state index >= 15 is 0 Å². The molecule has 2 fully saturated rings. The Kier molecular flexibility index (Phi) is 10.0. The summed E-state index contributed by atoms with van der Waals surface area (Å²) in [6.45, 7) is 3.66. The van der Waals surface area contributed by atoms with Crippen molar-refractivity contribution < 1.29 is 23.8 Å². The molecular weight excluding hydrogens is 605 g/mol. The number of nitrogens with zero attached hydrogens (tertiary/aromatic N) is 1. The molecule has 0 bridgehead atoms. The number of anilines is 1. The van der Waals surface area contributed by atoms with E-state index in [0.29, 0.717) is 42.5 Å². The number of aliphatic imine (C=N–C) groups is 1. The second-order valence-electron chi connectivity index (χ2n) is 13.6. The van der Waals surface area contributed by atoms with E-state index in [2.05, 4.69) is 23.5 Å². The molecule has 3 aliphatic carbocycles. The number of hydrogen-bond acceptors (Lipinski definition) is 7. The molecule has 48 heavy (non-hydrogen) atoms. The minimum atomic E-state index is -0.369. The first-order valence-electron chi connectivity index (χ1n) is 17.0. The number of aryl methyl sites for hydroxylation is 1. The van der Waals surface area contributed by atoms with Gasteiger partial charge in [-0.3, -0.25) is 14.6 Å². The molecule has 0 aromatic heterocycles. The summed E-state index contributed by atoms with van der Waals surface area (Å²) in [7, 11) is 1.46. The second kappa shape index (κ2) is 14.4. The van der Waals surface area contributed by atoms with E-state index in [4.69, 9.17) is 15.1 Å². The number of rotatable bonds is 10. The van der Waals surface area contributed by atoms with Crippen molar-refractivity contribution in [3.8, 4) is 5.75 Å². The molecule has 4 aliphatic rings. The number of ketones is 2. The summed E-state index contributed by atoms with van der Waals surface area (Å²) in [6, 6.07) is 9.18. The van der Waals surface area contributed by atoms with Crippen molar-refractivity contribution in [1.29, 1.82) is 5.41 Å². The van der Waals surface area contributed by atoms with Crippen LogP contribution in [0.2, 0.25) is 0 Å². The number of halogens is 1. The van der Waals surface area contributed by atoms with Crippen molar-refractivity contribution in [1.82, 2.24) is 0 Å². The summed E-state index contributed by atoms with van der Waals surface area (Å²) >= 11 is 0. The van der Waals surface area contributed by atoms with Crippen LogP contribution in [-0.4, -0.2) is 41.3 Å². The smallest absolute Gasteiger partial charge is 0.168 e. The van der Waals surface area contributed by atoms with Gasteiger partial charge in [0.1, 0.15) is 5.78 Å². The third-order valence-electron chi connectivity index (χ3n) is 10.4. The van der Waals surface area contributed by atoms with Crippen molar-refractivity contribution in [3.63, 3.8) is 0 Å². The summed E-state index contributed by atoms with van der Waals surface area (Å²) in [5.74, 6) is -0.156. The Hall–Kier alpha value is -4.43. The fraction of sp³-hybridized carbons (Fsp3) is 0.400. The maximum absolute atomic E-state index is 14.8. The zero-order valence-electron chi connectivity index (χ0n) is 27.9. The lowest BCUT2D eigenvalue weighted by atomic mass is 9.88. The van der Waals surface area contributed by atoms with Crippen LogP contribution in [-0.2, 0) is 4.79 Å². The molecule has 2 saturated carbocycles. The molecule has 0 amide bonds. The van der Waals surface area contributed by atoms with Gasteiger partial charge in [0.25, 0.3) is 0 Å². The average Bonchev–Trinajstić information content (AvgIpc) is 3.74. The third kappa shape index (κ3) is 7.04. The molecule has 8 heteroatoms. The number of nitrogens with one attached hydrogen (secondary N) is 2. The van der Waals surface area contributed by atoms with Gasteiger partial charge in [0.15, 0.2) is 17.3 Å². The molecule has 1 aliphatic heterocycles. The first-order valence-corrected chi connectivity index (χ1v) is 17.0. The summed E-state index contributed by atoms with van der Waals surface area (Å²) < 4.78 is 20.0. The highest BCUT2D eigenvalue weighted by Crippen LogP contribution is 2.39. The Balaban J connectivity index is 1.12. The molecule has 1 unspecified atom stereocenters. The van der Waals surface area contributed by atoms with Gasteiger partial charge in [0, 0.05) is 47.8 Å². The maximum Gasteiger partial charge on any atom is 0.168 e. The van der Waals surface area contributed by atoms with Gasteiger partial charge in [0.05, 0.1) is 24.6 Å². The fourth-order valence-electron chi connectivity index (χ4n) is 7.65. The summed E-state index contributed by atoms with van der Waals surface area (Å²) in [4.78, 5) is 31.2. The van der Waals surface area contributed by atoms with E-state index in [1.54, 1.807) is 13.0 Å². The van der Waals surface area contributed by atoms with E-state index in [0.717, 1.165) is 65.1 Å². The van der Waals surface area contributed by atoms with Crippen LogP contribution in [0.15, 0.2) is 77.1 Å². The van der Waals surface area contributed by atoms with Gasteiger partial charge in [-0.05, 0) is 117 Å². The number of aliphatic hydroxyl groups is 1. The number of Topliss-reactive ketones (excluding diaryl/α,β-unsaturated/α-hetero) is 2. The maximum atomic E-state index is 14.8. The molecule has 0 saturated heterocycles. The molecule has 7 nitrogen and oxygen atoms in total. The third-order valence-corrected chi connectivity index (χ3v) is 10.4. The Labute approximate surface area is 281 Å². The van der Waals surface area contributed by atoms with Gasteiger partial charge in [-0.25, -0.2) is 4.39 Å². The van der Waals surface area contributed by atoms with E-state index < -0.39 is 0 Å². The number of hydrogen-bond donors (Lipinski definition) is 3. The Bertz CT molecular complexity index is 1800. The van der Waals surface area contributed by atoms with Crippen LogP contribution in [0.5, 0.6) is 5.75 Å². The molecule has 2 aromatic carbocycles. The molecule has 6 rings (SSSR count). The van der Waals surface area contributed by atoms with E-state index in [1.165, 1.54) is 7.11 Å². The van der Waals surface area contributed by atoms with Crippen molar-refractivity contribution >= 4 is 34.3 Å². The average molecular weight is 650 g/mol. The lowest BCUT2D eigenvalue weighted by molar-refractivity contribution is -0.126. The van der Waals surface area contributed by atoms with E-state index in [1.807, 2.05) is 43.5 Å². The fourth-order valence-corrected chi connectivity index (χ4v) is 7.65. The van der Waals surface area contributed by atoms with E-state index in [9.17, 15) is 19.1 Å². The summed E-state index contributed by atoms with van der Waals surface area (Å²) in [6.07, 6.45) is 15.2. The van der Waals surface area contributed by atoms with Gasteiger partial charge in [-0.1, -0.05) is 30.4 Å². The number of aliphatic hydroxyl groups excluding tert-OH is 1. The van der Waals surface area contributed by atoms with Crippen LogP contribution in [0.25, 0.3) is 5.57 Å². The van der Waals surface area contributed by atoms with Crippen LogP contribution in [0.4, 0.5) is 10.1 Å². The topological polar surface area (TPSA) is 112 Å². The van der Waals surface area contributed by atoms with Crippen molar-refractivity contribution in [2.75, 3.05) is 12.4 Å². The highest BCUT2D eigenvalue weighted by Gasteiger charge is 2.38. The minimum absolute atomic E-state index is 0.0449. The molecular formula is C40H44FN3O4. The molecule has 2 aromatic rings. The number of carbonyl (C=O) groups is 2. The Morgan fingerprint density at radius 1 is 1.04 bits per heavy atom. The molecule has 0 spiro atoms. The number of carbonyl (C=O) groups excluding carboxylic acids is 2. The minimum Gasteiger partial charge on any atom is -0.494 e. The second-order valence-corrected chi connectivity index (χ2v) is 13.6. The zero-order chi connectivity index (χ0) is 33.9. The van der Waals surface area contributed by atoms with Gasteiger partial charge in [-0.2, -0.15) is 0 Å². The van der Waals surface area contributed by atoms with E-state index in [-0.39, 0.29) is 53.4 Å². The standard InChI is InChI=1S/C40H44FN3O4/c1-23-17-30(12-14-32(23)36(46)21-34(42)25-9-10-27(18-25)40(47)28-11-13-31(45)20-28)44-35-8-6-4-5-7-26-19-29(22-43-39(26)35)33-15-16-37(48-3)38(41)24(33)2/h4-5,7-8,12,14-17,22,25,27-28,31,42,44-45H,6,9-11,13,18-21H2,1-3H3/b5-4-,26-7-,35-8?,42-34?/t25-,27?,28+,31+/m1/s1. The highest BCUT2D eigenvalue weighted by molar-refractivity contribution is 6.17. The Morgan fingerprint density at radius 3 is 2.56 bits per heavy atom. The predicted octanol–water partition coefficient (Wildman–Crippen LogP) is 8.26. The zero-order valence-corrected chi connectivity index (χ0v) is 27.9. The quantitative estimate of drug-likeness (QED) is 0.177. The first-order chi connectivity index (χ1) is 23.1. The molecule has 1 heterocycles. The number of methoxy groups -OCH3 is 1. The first kappa shape index (κ1) is 33.5. The monoisotopic (exact) mass is 649 g/mol. The summed E-state index contributed by atoms with van der Waals surface area (Å²) in [5.41, 5.74) is 7.59. The number of benzene rings is 2. The normalized spacial score (nSPS) is 25.4. The lowest BCUT2D eigenvalue weighted by Crippen LogP contribution is -2.22. The van der Waals surface area contributed by atoms with Crippen LogP contribution in [0.3, 0.4) is 0 Å². The SMILES string of the molecule is COc1ccc(C2=CN=C3C(Nc4ccc(C(=O)CC(=N)[C@@H]5CCC(C(=O)[C@H]6CC[C@H](O)C6)C5)c(C)c4)=CC/C=C\C=C/3C2)c(C)c1F. The number of fused-ring (bicyclic) bond motifs is 1. The molecule has 3 N–H and O–H groups in total. The van der Waals surface area contributed by atoms with Crippen molar-refractivity contribution in [2.45, 2.75) is 77.7 Å². The number of ether oxygens (including phenoxy) is 1. The molecule has 250 valence electrons. The van der Waals surface area contributed by atoms with Crippen molar-refractivity contribution in [3.05, 3.63) is 100 Å². The van der Waals surface area contributed by atoms with Crippen LogP contribution in [0.1, 0.15) is 84.8 Å². The van der Waals surface area contributed by atoms with Gasteiger partial charge >= 0.3 is 0 Å². The van der Waals surface area contributed by atoms with Crippen LogP contribution >= 0.6 is 0 Å². The largest absolute Gasteiger partial charge is 0.494 e. The predicted molar refractivity (Wildman–Crippen MR) is 188 cm³/mol. The van der Waals surface area contributed by atoms with Gasteiger partial charge < -0.3 is 20.6 Å². The molecule has 0 radical (unpaired) electrons. The lowest BCUT2D eigenvalue weighted by Gasteiger charge is -2.23. The van der Waals surface area contributed by atoms with Crippen LogP contribution in [0, 0.1) is 42.8 Å². The number of allylic oxidation sites excluding steroid dienone is 6. The molecule has 4 atom stereocenters. The Morgan fingerprint density at radius 2 is 1.81 bits per heavy atom. The highest BCUT2D eigenvalue weighted by atomic mass is 19.1. The van der Waals surface area contributed by atoms with Gasteiger partial charge in [-0.15, -0.1) is 0 Å². The summed E-state index contributed by atoms with van der Waals surface area (Å²) in [5, 5.41) is 22.1. The van der Waals surface area contributed by atoms with Crippen LogP contribution < -0.4 is 10.1 Å².